The van der Waals surface area contributed by atoms with Crippen LogP contribution in [0, 0.1) is 5.82 Å². The van der Waals surface area contributed by atoms with E-state index in [2.05, 4.69) is 19.9 Å². The van der Waals surface area contributed by atoms with Gasteiger partial charge < -0.3 is 9.47 Å². The molecule has 0 aliphatic heterocycles. The minimum Gasteiger partial charge on any atom is -0.494 e. The van der Waals surface area contributed by atoms with E-state index in [9.17, 15) is 4.39 Å². The molecule has 0 radical (unpaired) electrons. The van der Waals surface area contributed by atoms with E-state index in [-0.39, 0.29) is 5.82 Å². The lowest BCUT2D eigenvalue weighted by molar-refractivity contribution is 0.293. The van der Waals surface area contributed by atoms with Crippen LogP contribution in [0.1, 0.15) is 71.6 Å². The maximum absolute atomic E-state index is 15.0. The molecule has 30 heavy (non-hydrogen) atoms. The Morgan fingerprint density at radius 3 is 2.10 bits per heavy atom. The first kappa shape index (κ1) is 22.4. The summed E-state index contributed by atoms with van der Waals surface area (Å²) in [6.07, 6.45) is 10.7. The summed E-state index contributed by atoms with van der Waals surface area (Å²) in [5.41, 5.74) is 0. The van der Waals surface area contributed by atoms with Crippen LogP contribution in [0.4, 0.5) is 4.39 Å². The summed E-state index contributed by atoms with van der Waals surface area (Å²) in [7, 11) is 0. The Kier molecular flexibility index (Phi) is 8.80. The fourth-order valence-corrected chi connectivity index (χ4v) is 3.88. The van der Waals surface area contributed by atoms with Gasteiger partial charge in [-0.2, -0.15) is 0 Å². The van der Waals surface area contributed by atoms with Crippen molar-refractivity contribution in [1.82, 2.24) is 0 Å². The van der Waals surface area contributed by atoms with Crippen molar-refractivity contribution in [3.63, 3.8) is 0 Å². The third kappa shape index (κ3) is 5.87. The molecule has 3 rings (SSSR count). The number of hydrogen-bond donors (Lipinski definition) is 0. The Morgan fingerprint density at radius 1 is 0.633 bits per heavy atom. The van der Waals surface area contributed by atoms with E-state index in [0.29, 0.717) is 17.7 Å². The molecule has 0 aliphatic carbocycles. The molecule has 2 nitrogen and oxygen atoms in total. The summed E-state index contributed by atoms with van der Waals surface area (Å²) in [6.45, 7) is 5.69. The van der Waals surface area contributed by atoms with Gasteiger partial charge in [-0.05, 0) is 53.3 Å². The van der Waals surface area contributed by atoms with Gasteiger partial charge in [0.2, 0.25) is 0 Å². The average molecular weight is 411 g/mol. The van der Waals surface area contributed by atoms with Crippen LogP contribution in [0.15, 0.2) is 42.5 Å². The van der Waals surface area contributed by atoms with Crippen LogP contribution in [0.2, 0.25) is 0 Å². The molecule has 0 bridgehead atoms. The van der Waals surface area contributed by atoms with E-state index < -0.39 is 0 Å². The highest BCUT2D eigenvalue weighted by Crippen LogP contribution is 2.33. The van der Waals surface area contributed by atoms with Gasteiger partial charge in [-0.15, -0.1) is 0 Å². The van der Waals surface area contributed by atoms with Crippen LogP contribution in [0.25, 0.3) is 21.5 Å². The molecule has 0 atom stereocenters. The van der Waals surface area contributed by atoms with Crippen LogP contribution < -0.4 is 9.47 Å². The first-order valence-corrected chi connectivity index (χ1v) is 11.6. The largest absolute Gasteiger partial charge is 0.494 e. The Bertz CT molecular complexity index is 935. The second kappa shape index (κ2) is 11.8. The maximum atomic E-state index is 15.0. The normalized spacial score (nSPS) is 11.3. The van der Waals surface area contributed by atoms with E-state index in [4.69, 9.17) is 9.47 Å². The molecule has 0 fully saturated rings. The zero-order valence-corrected chi connectivity index (χ0v) is 18.5. The van der Waals surface area contributed by atoms with Crippen molar-refractivity contribution >= 4 is 21.5 Å². The van der Waals surface area contributed by atoms with Crippen LogP contribution in [0.3, 0.4) is 0 Å². The lowest BCUT2D eigenvalue weighted by Crippen LogP contribution is -1.99. The fourth-order valence-electron chi connectivity index (χ4n) is 3.88. The monoisotopic (exact) mass is 410 g/mol. The number of benzene rings is 3. The molecule has 3 heteroatoms. The highest BCUT2D eigenvalue weighted by Gasteiger charge is 2.11. The van der Waals surface area contributed by atoms with Crippen molar-refractivity contribution in [2.75, 3.05) is 13.2 Å². The Hall–Kier alpha value is -2.29. The molecule has 3 aromatic rings. The minimum atomic E-state index is -0.269. The molecule has 0 spiro atoms. The van der Waals surface area contributed by atoms with Gasteiger partial charge in [0.1, 0.15) is 5.75 Å². The number of ether oxygens (including phenoxy) is 2. The van der Waals surface area contributed by atoms with Gasteiger partial charge in [0.05, 0.1) is 13.2 Å². The van der Waals surface area contributed by atoms with Crippen molar-refractivity contribution in [3.8, 4) is 11.5 Å². The summed E-state index contributed by atoms with van der Waals surface area (Å²) < 4.78 is 26.6. The molecule has 0 aromatic heterocycles. The lowest BCUT2D eigenvalue weighted by Gasteiger charge is -2.12. The quantitative estimate of drug-likeness (QED) is 0.208. The third-order valence-corrected chi connectivity index (χ3v) is 5.66. The standard InChI is InChI=1S/C27H35FO2/c1-3-5-7-8-9-11-18-29-22-13-15-23-21(20-22)12-14-25-24(23)16-17-26(27(25)28)30-19-10-6-4-2/h12-17,20H,3-11,18-19H2,1-2H3. The summed E-state index contributed by atoms with van der Waals surface area (Å²) in [6, 6.07) is 13.6. The molecule has 0 unspecified atom stereocenters. The van der Waals surface area contributed by atoms with Crippen LogP contribution in [-0.4, -0.2) is 13.2 Å². The number of fused-ring (bicyclic) bond motifs is 3. The summed E-state index contributed by atoms with van der Waals surface area (Å²) >= 11 is 0. The third-order valence-electron chi connectivity index (χ3n) is 5.66. The topological polar surface area (TPSA) is 18.5 Å². The highest BCUT2D eigenvalue weighted by atomic mass is 19.1. The van der Waals surface area contributed by atoms with E-state index in [1.807, 2.05) is 30.3 Å². The van der Waals surface area contributed by atoms with E-state index in [1.165, 1.54) is 32.1 Å². The molecule has 0 saturated heterocycles. The Labute approximate surface area is 180 Å². The van der Waals surface area contributed by atoms with Gasteiger partial charge in [-0.25, -0.2) is 4.39 Å². The van der Waals surface area contributed by atoms with Crippen molar-refractivity contribution < 1.29 is 13.9 Å². The minimum absolute atomic E-state index is 0.269. The predicted molar refractivity (Wildman–Crippen MR) is 125 cm³/mol. The zero-order chi connectivity index (χ0) is 21.2. The Balaban J connectivity index is 1.66. The van der Waals surface area contributed by atoms with E-state index in [0.717, 1.165) is 54.2 Å². The molecular formula is C27H35FO2. The van der Waals surface area contributed by atoms with Gasteiger partial charge in [0, 0.05) is 5.39 Å². The molecular weight excluding hydrogens is 375 g/mol. The lowest BCUT2D eigenvalue weighted by atomic mass is 10.0. The first-order chi connectivity index (χ1) is 14.7. The van der Waals surface area contributed by atoms with Crippen molar-refractivity contribution in [3.05, 3.63) is 48.3 Å². The van der Waals surface area contributed by atoms with Gasteiger partial charge in [-0.3, -0.25) is 0 Å². The average Bonchev–Trinajstić information content (AvgIpc) is 2.77. The second-order valence-corrected chi connectivity index (χ2v) is 8.09. The van der Waals surface area contributed by atoms with Gasteiger partial charge >= 0.3 is 0 Å². The second-order valence-electron chi connectivity index (χ2n) is 8.09. The molecule has 0 aliphatic rings. The number of hydrogen-bond acceptors (Lipinski definition) is 2. The van der Waals surface area contributed by atoms with Crippen molar-refractivity contribution in [2.24, 2.45) is 0 Å². The Morgan fingerprint density at radius 2 is 1.27 bits per heavy atom. The highest BCUT2D eigenvalue weighted by molar-refractivity contribution is 6.08. The molecule has 0 saturated carbocycles. The van der Waals surface area contributed by atoms with Gasteiger partial charge in [0.25, 0.3) is 0 Å². The molecule has 0 N–H and O–H groups in total. The van der Waals surface area contributed by atoms with Gasteiger partial charge in [0.15, 0.2) is 11.6 Å². The summed E-state index contributed by atoms with van der Waals surface area (Å²) in [5, 5.41) is 3.62. The number of rotatable bonds is 13. The summed E-state index contributed by atoms with van der Waals surface area (Å²) in [5.74, 6) is 0.956. The van der Waals surface area contributed by atoms with Crippen LogP contribution in [0.5, 0.6) is 11.5 Å². The van der Waals surface area contributed by atoms with Crippen LogP contribution in [-0.2, 0) is 0 Å². The van der Waals surface area contributed by atoms with Crippen LogP contribution >= 0.6 is 0 Å². The summed E-state index contributed by atoms with van der Waals surface area (Å²) in [4.78, 5) is 0. The molecule has 0 heterocycles. The SMILES string of the molecule is CCCCCCCCOc1ccc2c(ccc3c(F)c(OCCCCC)ccc32)c1. The van der Waals surface area contributed by atoms with Gasteiger partial charge in [-0.1, -0.05) is 77.0 Å². The van der Waals surface area contributed by atoms with E-state index >= 15 is 0 Å². The number of unbranched alkanes of at least 4 members (excludes halogenated alkanes) is 7. The zero-order valence-electron chi connectivity index (χ0n) is 18.5. The van der Waals surface area contributed by atoms with Crippen molar-refractivity contribution in [2.45, 2.75) is 71.6 Å². The smallest absolute Gasteiger partial charge is 0.172 e. The first-order valence-electron chi connectivity index (χ1n) is 11.6. The molecule has 162 valence electrons. The maximum Gasteiger partial charge on any atom is 0.172 e. The predicted octanol–water partition coefficient (Wildman–Crippen LogP) is 8.44. The number of halogens is 1. The fraction of sp³-hybridized carbons (Fsp3) is 0.481. The van der Waals surface area contributed by atoms with Crippen molar-refractivity contribution in [1.29, 1.82) is 0 Å². The molecule has 3 aromatic carbocycles. The molecule has 0 amide bonds. The van der Waals surface area contributed by atoms with E-state index in [1.54, 1.807) is 6.07 Å².